The first-order valence-corrected chi connectivity index (χ1v) is 7.59. The second-order valence-electron chi connectivity index (χ2n) is 5.45. The fourth-order valence-electron chi connectivity index (χ4n) is 1.64. The van der Waals surface area contributed by atoms with Crippen LogP contribution in [-0.2, 0) is 5.54 Å². The summed E-state index contributed by atoms with van der Waals surface area (Å²) in [5, 5.41) is 3.20. The first kappa shape index (κ1) is 15.1. The van der Waals surface area contributed by atoms with E-state index in [1.165, 1.54) is 0 Å². The molecule has 18 heavy (non-hydrogen) atoms. The molecule has 0 bridgehead atoms. The van der Waals surface area contributed by atoms with Gasteiger partial charge in [0.1, 0.15) is 0 Å². The Bertz CT molecular complexity index is 437. The highest BCUT2D eigenvalue weighted by molar-refractivity contribution is 7.98. The molecule has 0 aromatic carbocycles. The van der Waals surface area contributed by atoms with Crippen molar-refractivity contribution in [3.8, 4) is 0 Å². The molecule has 0 amide bonds. The van der Waals surface area contributed by atoms with E-state index in [2.05, 4.69) is 23.5 Å². The molecule has 0 saturated carbocycles. The molecule has 1 atom stereocenters. The van der Waals surface area contributed by atoms with Crippen molar-refractivity contribution in [2.75, 3.05) is 17.3 Å². The first-order valence-electron chi connectivity index (χ1n) is 6.20. The summed E-state index contributed by atoms with van der Waals surface area (Å²) in [5.41, 5.74) is -0.278. The average Bonchev–Trinajstić information content (AvgIpc) is 2.27. The highest BCUT2D eigenvalue weighted by Gasteiger charge is 2.17. The van der Waals surface area contributed by atoms with Crippen LogP contribution in [0.15, 0.2) is 17.2 Å². The number of rotatable bonds is 5. The Morgan fingerprint density at radius 2 is 2.17 bits per heavy atom. The van der Waals surface area contributed by atoms with E-state index >= 15 is 0 Å². The Morgan fingerprint density at radius 1 is 1.50 bits per heavy atom. The largest absolute Gasteiger partial charge is 0.363 e. The number of anilines is 1. The standard InChI is InChI=1S/C13H23N3OS/c1-10(6-9-18-5)15-11-12(17)16(8-7-14-11)13(2,3)4/h7-8,10H,6,9H2,1-5H3,(H,14,15). The van der Waals surface area contributed by atoms with Gasteiger partial charge in [0.25, 0.3) is 5.56 Å². The first-order chi connectivity index (χ1) is 8.36. The van der Waals surface area contributed by atoms with Crippen LogP contribution in [-0.4, -0.2) is 27.6 Å². The second kappa shape index (κ2) is 6.27. The van der Waals surface area contributed by atoms with Gasteiger partial charge < -0.3 is 9.88 Å². The van der Waals surface area contributed by atoms with Crippen LogP contribution in [0.5, 0.6) is 0 Å². The van der Waals surface area contributed by atoms with Crippen LogP contribution in [0.2, 0.25) is 0 Å². The van der Waals surface area contributed by atoms with Gasteiger partial charge in [0.15, 0.2) is 5.82 Å². The molecule has 0 fully saturated rings. The summed E-state index contributed by atoms with van der Waals surface area (Å²) in [6.45, 7) is 8.10. The third kappa shape index (κ3) is 4.05. The van der Waals surface area contributed by atoms with Crippen LogP contribution < -0.4 is 10.9 Å². The van der Waals surface area contributed by atoms with Crippen LogP contribution in [0.1, 0.15) is 34.1 Å². The summed E-state index contributed by atoms with van der Waals surface area (Å²) in [6.07, 6.45) is 6.52. The van der Waals surface area contributed by atoms with Gasteiger partial charge in [0.05, 0.1) is 0 Å². The summed E-state index contributed by atoms with van der Waals surface area (Å²) >= 11 is 1.81. The number of thioether (sulfide) groups is 1. The van der Waals surface area contributed by atoms with E-state index in [-0.39, 0.29) is 17.1 Å². The predicted octanol–water partition coefficient (Wildman–Crippen LogP) is 2.55. The van der Waals surface area contributed by atoms with Gasteiger partial charge in [-0.2, -0.15) is 11.8 Å². The van der Waals surface area contributed by atoms with E-state index in [1.54, 1.807) is 17.0 Å². The molecule has 1 aromatic rings. The zero-order valence-corrected chi connectivity index (χ0v) is 12.7. The molecule has 1 N–H and O–H groups in total. The van der Waals surface area contributed by atoms with Crippen LogP contribution in [0, 0.1) is 0 Å². The SMILES string of the molecule is CSCCC(C)Nc1nccn(C(C)(C)C)c1=O. The average molecular weight is 269 g/mol. The Balaban J connectivity index is 2.88. The van der Waals surface area contributed by atoms with Gasteiger partial charge in [-0.25, -0.2) is 4.98 Å². The van der Waals surface area contributed by atoms with Crippen molar-refractivity contribution in [3.05, 3.63) is 22.7 Å². The van der Waals surface area contributed by atoms with Gasteiger partial charge in [0.2, 0.25) is 0 Å². The predicted molar refractivity (Wildman–Crippen MR) is 79.6 cm³/mol. The summed E-state index contributed by atoms with van der Waals surface area (Å²) in [4.78, 5) is 16.4. The maximum absolute atomic E-state index is 12.3. The molecular weight excluding hydrogens is 246 g/mol. The van der Waals surface area contributed by atoms with Gasteiger partial charge in [-0.3, -0.25) is 4.79 Å². The lowest BCUT2D eigenvalue weighted by molar-refractivity contribution is 0.383. The maximum atomic E-state index is 12.3. The quantitative estimate of drug-likeness (QED) is 0.892. The van der Waals surface area contributed by atoms with Gasteiger partial charge in [-0.1, -0.05) is 0 Å². The summed E-state index contributed by atoms with van der Waals surface area (Å²) in [5.74, 6) is 1.52. The Morgan fingerprint density at radius 3 is 2.72 bits per heavy atom. The molecule has 0 radical (unpaired) electrons. The van der Waals surface area contributed by atoms with Gasteiger partial charge in [-0.05, 0) is 46.1 Å². The second-order valence-corrected chi connectivity index (χ2v) is 6.43. The zero-order chi connectivity index (χ0) is 13.8. The molecule has 1 unspecified atom stereocenters. The molecule has 0 aliphatic carbocycles. The minimum Gasteiger partial charge on any atom is -0.363 e. The number of nitrogens with zero attached hydrogens (tertiary/aromatic N) is 2. The third-order valence-corrected chi connectivity index (χ3v) is 3.35. The molecule has 1 aromatic heterocycles. The topological polar surface area (TPSA) is 46.9 Å². The number of hydrogen-bond acceptors (Lipinski definition) is 4. The van der Waals surface area contributed by atoms with Crippen molar-refractivity contribution >= 4 is 17.6 Å². The van der Waals surface area contributed by atoms with Crippen molar-refractivity contribution in [2.45, 2.75) is 45.7 Å². The van der Waals surface area contributed by atoms with Crippen LogP contribution in [0.4, 0.5) is 5.82 Å². The smallest absolute Gasteiger partial charge is 0.293 e. The molecule has 102 valence electrons. The van der Waals surface area contributed by atoms with Crippen LogP contribution in [0.25, 0.3) is 0 Å². The Labute approximate surface area is 113 Å². The minimum atomic E-state index is -0.223. The van der Waals surface area contributed by atoms with Crippen molar-refractivity contribution in [2.24, 2.45) is 0 Å². The number of aromatic nitrogens is 2. The Kier molecular flexibility index (Phi) is 5.26. The zero-order valence-electron chi connectivity index (χ0n) is 11.9. The lowest BCUT2D eigenvalue weighted by Crippen LogP contribution is -2.36. The molecular formula is C13H23N3OS. The maximum Gasteiger partial charge on any atom is 0.293 e. The lowest BCUT2D eigenvalue weighted by atomic mass is 10.1. The van der Waals surface area contributed by atoms with Crippen molar-refractivity contribution < 1.29 is 0 Å². The normalized spacial score (nSPS) is 13.4. The molecule has 4 nitrogen and oxygen atoms in total. The summed E-state index contributed by atoms with van der Waals surface area (Å²) in [7, 11) is 0. The van der Waals surface area contributed by atoms with Crippen molar-refractivity contribution in [1.29, 1.82) is 0 Å². The summed E-state index contributed by atoms with van der Waals surface area (Å²) < 4.78 is 1.71. The van der Waals surface area contributed by atoms with Gasteiger partial charge in [-0.15, -0.1) is 0 Å². The van der Waals surface area contributed by atoms with Crippen LogP contribution in [0.3, 0.4) is 0 Å². The molecule has 0 saturated heterocycles. The van der Waals surface area contributed by atoms with Gasteiger partial charge in [0, 0.05) is 24.0 Å². The molecule has 0 aliphatic heterocycles. The van der Waals surface area contributed by atoms with Crippen molar-refractivity contribution in [3.63, 3.8) is 0 Å². The van der Waals surface area contributed by atoms with E-state index in [9.17, 15) is 4.79 Å². The van der Waals surface area contributed by atoms with E-state index in [4.69, 9.17) is 0 Å². The number of nitrogens with one attached hydrogen (secondary N) is 1. The summed E-state index contributed by atoms with van der Waals surface area (Å²) in [6, 6.07) is 0.258. The third-order valence-electron chi connectivity index (χ3n) is 2.70. The highest BCUT2D eigenvalue weighted by atomic mass is 32.2. The van der Waals surface area contributed by atoms with E-state index in [0.29, 0.717) is 5.82 Å². The molecule has 1 rings (SSSR count). The minimum absolute atomic E-state index is 0.0546. The monoisotopic (exact) mass is 269 g/mol. The van der Waals surface area contributed by atoms with Crippen LogP contribution >= 0.6 is 11.8 Å². The van der Waals surface area contributed by atoms with E-state index < -0.39 is 0 Å². The molecule has 5 heteroatoms. The molecule has 0 aliphatic rings. The fraction of sp³-hybridized carbons (Fsp3) is 0.692. The fourth-order valence-corrected chi connectivity index (χ4v) is 2.23. The van der Waals surface area contributed by atoms with E-state index in [0.717, 1.165) is 12.2 Å². The lowest BCUT2D eigenvalue weighted by Gasteiger charge is -2.23. The molecule has 0 spiro atoms. The molecule has 1 heterocycles. The highest BCUT2D eigenvalue weighted by Crippen LogP contribution is 2.11. The Hall–Kier alpha value is -0.970. The van der Waals surface area contributed by atoms with Crippen molar-refractivity contribution in [1.82, 2.24) is 9.55 Å². The van der Waals surface area contributed by atoms with E-state index in [1.807, 2.05) is 32.5 Å². The number of hydrogen-bond donors (Lipinski definition) is 1. The van der Waals surface area contributed by atoms with Gasteiger partial charge >= 0.3 is 0 Å².